The van der Waals surface area contributed by atoms with E-state index in [0.29, 0.717) is 19.4 Å². The van der Waals surface area contributed by atoms with Gasteiger partial charge in [0.2, 0.25) is 0 Å². The second kappa shape index (κ2) is 6.15. The number of pyridine rings is 1. The van der Waals surface area contributed by atoms with Crippen LogP contribution < -0.4 is 11.2 Å². The van der Waals surface area contributed by atoms with Crippen molar-refractivity contribution in [2.75, 3.05) is 13.1 Å². The van der Waals surface area contributed by atoms with Crippen LogP contribution >= 0.6 is 0 Å². The first-order chi connectivity index (χ1) is 11.8. The molecule has 2 aromatic heterocycles. The van der Waals surface area contributed by atoms with Gasteiger partial charge in [0.05, 0.1) is 11.3 Å². The molecule has 1 N–H and O–H groups in total. The fourth-order valence-corrected chi connectivity index (χ4v) is 3.10. The molecule has 0 aromatic carbocycles. The highest BCUT2D eigenvalue weighted by molar-refractivity contribution is 5.94. The molecule has 2 aromatic rings. The molecule has 1 saturated heterocycles. The third-order valence-electron chi connectivity index (χ3n) is 4.58. The molecular formula is C16H18N4O5. The quantitative estimate of drug-likeness (QED) is 0.789. The summed E-state index contributed by atoms with van der Waals surface area (Å²) in [5.41, 5.74) is -0.792. The first kappa shape index (κ1) is 16.9. The fraction of sp³-hybridized carbons (Fsp3) is 0.438. The third kappa shape index (κ3) is 2.81. The average molecular weight is 346 g/mol. The Morgan fingerprint density at radius 3 is 2.60 bits per heavy atom. The van der Waals surface area contributed by atoms with Gasteiger partial charge in [-0.1, -0.05) is 0 Å². The Hall–Kier alpha value is -2.97. The minimum Gasteiger partial charge on any atom is -0.481 e. The highest BCUT2D eigenvalue weighted by atomic mass is 16.4. The highest BCUT2D eigenvalue weighted by Crippen LogP contribution is 2.19. The number of fused-ring (bicyclic) bond motifs is 1. The maximum atomic E-state index is 12.7. The second-order valence-corrected chi connectivity index (χ2v) is 6.20. The molecule has 0 spiro atoms. The predicted molar refractivity (Wildman–Crippen MR) is 88.5 cm³/mol. The topological polar surface area (TPSA) is 114 Å². The Balaban J connectivity index is 2.02. The Kier molecular flexibility index (Phi) is 4.15. The van der Waals surface area contributed by atoms with Crippen molar-refractivity contribution in [3.05, 3.63) is 38.7 Å². The molecule has 0 saturated carbocycles. The molecule has 0 bridgehead atoms. The number of likely N-dealkylation sites (tertiary alicyclic amines) is 1. The van der Waals surface area contributed by atoms with Gasteiger partial charge in [-0.15, -0.1) is 0 Å². The molecule has 1 fully saturated rings. The van der Waals surface area contributed by atoms with Crippen LogP contribution in [-0.2, 0) is 18.9 Å². The molecule has 1 atom stereocenters. The second-order valence-electron chi connectivity index (χ2n) is 6.20. The number of carbonyl (C=O) groups excluding carboxylic acids is 1. The zero-order chi connectivity index (χ0) is 18.3. The summed E-state index contributed by atoms with van der Waals surface area (Å²) in [6.45, 7) is 0.585. The normalized spacial score (nSPS) is 17.7. The van der Waals surface area contributed by atoms with Crippen molar-refractivity contribution in [2.45, 2.75) is 12.8 Å². The van der Waals surface area contributed by atoms with E-state index in [-0.39, 0.29) is 23.3 Å². The van der Waals surface area contributed by atoms with Gasteiger partial charge in [-0.05, 0) is 25.0 Å². The van der Waals surface area contributed by atoms with E-state index < -0.39 is 29.0 Å². The van der Waals surface area contributed by atoms with Gasteiger partial charge in [-0.25, -0.2) is 9.78 Å². The largest absolute Gasteiger partial charge is 0.481 e. The predicted octanol–water partition coefficient (Wildman–Crippen LogP) is -0.431. The van der Waals surface area contributed by atoms with E-state index in [1.54, 1.807) is 0 Å². The lowest BCUT2D eigenvalue weighted by atomic mass is 9.98. The molecule has 3 rings (SSSR count). The van der Waals surface area contributed by atoms with Crippen LogP contribution in [-0.4, -0.2) is 49.1 Å². The molecule has 9 heteroatoms. The van der Waals surface area contributed by atoms with Crippen molar-refractivity contribution >= 4 is 22.9 Å². The number of nitrogens with zero attached hydrogens (tertiary/aromatic N) is 4. The number of hydrogen-bond donors (Lipinski definition) is 1. The van der Waals surface area contributed by atoms with Crippen LogP contribution in [0.2, 0.25) is 0 Å². The van der Waals surface area contributed by atoms with Crippen LogP contribution in [0.3, 0.4) is 0 Å². The lowest BCUT2D eigenvalue weighted by Gasteiger charge is -2.30. The standard InChI is InChI=1S/C16H18N4O5/c1-18-12-10(13(21)19(2)16(18)25)5-6-11(17-12)14(22)20-7-3-4-9(8-20)15(23)24/h5-6,9H,3-4,7-8H2,1-2H3,(H,23,24). The van der Waals surface area contributed by atoms with Gasteiger partial charge < -0.3 is 10.0 Å². The van der Waals surface area contributed by atoms with Crippen molar-refractivity contribution in [1.82, 2.24) is 19.0 Å². The smallest absolute Gasteiger partial charge is 0.332 e. The maximum Gasteiger partial charge on any atom is 0.332 e. The van der Waals surface area contributed by atoms with E-state index in [1.165, 1.54) is 35.7 Å². The van der Waals surface area contributed by atoms with Crippen LogP contribution in [0, 0.1) is 5.92 Å². The Morgan fingerprint density at radius 2 is 1.92 bits per heavy atom. The summed E-state index contributed by atoms with van der Waals surface area (Å²) in [5.74, 6) is -1.91. The summed E-state index contributed by atoms with van der Waals surface area (Å²) in [7, 11) is 2.86. The first-order valence-electron chi connectivity index (χ1n) is 7.90. The molecule has 1 aliphatic rings. The van der Waals surface area contributed by atoms with Crippen LogP contribution in [0.25, 0.3) is 11.0 Å². The Labute approximate surface area is 142 Å². The van der Waals surface area contributed by atoms with Gasteiger partial charge in [0, 0.05) is 27.2 Å². The SMILES string of the molecule is Cn1c(=O)c2ccc(C(=O)N3CCCC(C(=O)O)C3)nc2n(C)c1=O. The molecule has 1 unspecified atom stereocenters. The molecular weight excluding hydrogens is 328 g/mol. The summed E-state index contributed by atoms with van der Waals surface area (Å²) >= 11 is 0. The molecule has 9 nitrogen and oxygen atoms in total. The molecule has 3 heterocycles. The van der Waals surface area contributed by atoms with Crippen molar-refractivity contribution in [1.29, 1.82) is 0 Å². The van der Waals surface area contributed by atoms with Crippen LogP contribution in [0.15, 0.2) is 21.7 Å². The summed E-state index contributed by atoms with van der Waals surface area (Å²) in [6.07, 6.45) is 1.14. The number of aryl methyl sites for hydroxylation is 1. The number of carbonyl (C=O) groups is 2. The minimum atomic E-state index is -0.921. The van der Waals surface area contributed by atoms with E-state index in [2.05, 4.69) is 4.98 Å². The summed E-state index contributed by atoms with van der Waals surface area (Å²) in [6, 6.07) is 2.90. The van der Waals surface area contributed by atoms with Gasteiger partial charge in [0.15, 0.2) is 0 Å². The van der Waals surface area contributed by atoms with Crippen molar-refractivity contribution < 1.29 is 14.7 Å². The number of rotatable bonds is 2. The third-order valence-corrected chi connectivity index (χ3v) is 4.58. The van der Waals surface area contributed by atoms with Crippen molar-refractivity contribution in [3.8, 4) is 0 Å². The van der Waals surface area contributed by atoms with Gasteiger partial charge >= 0.3 is 11.7 Å². The van der Waals surface area contributed by atoms with Crippen LogP contribution in [0.5, 0.6) is 0 Å². The monoisotopic (exact) mass is 346 g/mol. The fourth-order valence-electron chi connectivity index (χ4n) is 3.10. The number of carboxylic acids is 1. The van der Waals surface area contributed by atoms with Gasteiger partial charge in [-0.2, -0.15) is 0 Å². The summed E-state index contributed by atoms with van der Waals surface area (Å²) in [5, 5.41) is 9.38. The highest BCUT2D eigenvalue weighted by Gasteiger charge is 2.29. The number of piperidine rings is 1. The minimum absolute atomic E-state index is 0.0850. The lowest BCUT2D eigenvalue weighted by Crippen LogP contribution is -2.43. The zero-order valence-corrected chi connectivity index (χ0v) is 13.9. The van der Waals surface area contributed by atoms with E-state index in [0.717, 1.165) is 4.57 Å². The lowest BCUT2D eigenvalue weighted by molar-refractivity contribution is -0.143. The molecule has 25 heavy (non-hydrogen) atoms. The molecule has 1 amide bonds. The first-order valence-corrected chi connectivity index (χ1v) is 7.90. The number of hydrogen-bond acceptors (Lipinski definition) is 5. The van der Waals surface area contributed by atoms with Gasteiger partial charge in [0.25, 0.3) is 11.5 Å². The van der Waals surface area contributed by atoms with E-state index in [4.69, 9.17) is 5.11 Å². The zero-order valence-electron chi connectivity index (χ0n) is 13.9. The van der Waals surface area contributed by atoms with Crippen molar-refractivity contribution in [3.63, 3.8) is 0 Å². The number of aromatic nitrogens is 3. The number of amides is 1. The maximum absolute atomic E-state index is 12.7. The summed E-state index contributed by atoms with van der Waals surface area (Å²) < 4.78 is 2.19. The average Bonchev–Trinajstić information content (AvgIpc) is 2.63. The molecule has 132 valence electrons. The molecule has 0 aliphatic carbocycles. The number of carboxylic acid groups (broad SMARTS) is 1. The van der Waals surface area contributed by atoms with Crippen LogP contribution in [0.4, 0.5) is 0 Å². The van der Waals surface area contributed by atoms with E-state index in [9.17, 15) is 19.2 Å². The number of aliphatic carboxylic acids is 1. The van der Waals surface area contributed by atoms with Crippen LogP contribution in [0.1, 0.15) is 23.3 Å². The van der Waals surface area contributed by atoms with Gasteiger partial charge in [-0.3, -0.25) is 23.5 Å². The Morgan fingerprint density at radius 1 is 1.20 bits per heavy atom. The van der Waals surface area contributed by atoms with Gasteiger partial charge in [0.1, 0.15) is 11.3 Å². The molecule has 0 radical (unpaired) electrons. The Bertz CT molecular complexity index is 990. The van der Waals surface area contributed by atoms with E-state index >= 15 is 0 Å². The van der Waals surface area contributed by atoms with Crippen molar-refractivity contribution in [2.24, 2.45) is 20.0 Å². The summed E-state index contributed by atoms with van der Waals surface area (Å²) in [4.78, 5) is 53.6. The molecule has 1 aliphatic heterocycles. The van der Waals surface area contributed by atoms with E-state index in [1.807, 2.05) is 0 Å².